The Morgan fingerprint density at radius 2 is 1.62 bits per heavy atom. The maximum absolute atomic E-state index is 13.5. The Bertz CT molecular complexity index is 1410. The van der Waals surface area contributed by atoms with Crippen molar-refractivity contribution >= 4 is 40.2 Å². The smallest absolute Gasteiger partial charge is 0.260 e. The number of nitrogens with zero attached hydrogens (tertiary/aromatic N) is 1. The van der Waals surface area contributed by atoms with Gasteiger partial charge in [0.2, 0.25) is 5.78 Å². The lowest BCUT2D eigenvalue weighted by molar-refractivity contribution is 0.102. The Labute approximate surface area is 200 Å². The zero-order valence-corrected chi connectivity index (χ0v) is 19.5. The maximum atomic E-state index is 13.5. The van der Waals surface area contributed by atoms with Gasteiger partial charge in [0.1, 0.15) is 11.4 Å². The number of hydrogen-bond acceptors (Lipinski definition) is 6. The molecule has 4 aromatic rings. The van der Waals surface area contributed by atoms with E-state index in [1.165, 1.54) is 21.3 Å². The van der Waals surface area contributed by atoms with Crippen molar-refractivity contribution in [1.82, 2.24) is 4.40 Å². The number of nitrogens with two attached hydrogens (primary N) is 1. The second-order valence-electron chi connectivity index (χ2n) is 7.29. The summed E-state index contributed by atoms with van der Waals surface area (Å²) in [6.07, 6.45) is 1.68. The number of nitrogen functional groups attached to an aromatic ring is 1. The van der Waals surface area contributed by atoms with Crippen LogP contribution in [0.15, 0.2) is 60.8 Å². The molecule has 0 spiro atoms. The number of rotatable bonds is 7. The van der Waals surface area contributed by atoms with Gasteiger partial charge in [-0.05, 0) is 48.5 Å². The van der Waals surface area contributed by atoms with Gasteiger partial charge in [0.05, 0.1) is 43.8 Å². The van der Waals surface area contributed by atoms with E-state index >= 15 is 0 Å². The Balaban J connectivity index is 1.81. The number of aromatic nitrogens is 1. The SMILES string of the molecule is COc1ccc(Cl)cc1NC(=O)c1c(N)c(C(=O)c2ccc(OC)c(OC)c2)n2ccccc12. The summed E-state index contributed by atoms with van der Waals surface area (Å²) in [4.78, 5) is 26.9. The summed E-state index contributed by atoms with van der Waals surface area (Å²) >= 11 is 6.09. The molecule has 8 nitrogen and oxygen atoms in total. The van der Waals surface area contributed by atoms with E-state index in [0.29, 0.717) is 39.0 Å². The van der Waals surface area contributed by atoms with E-state index in [1.54, 1.807) is 65.2 Å². The second kappa shape index (κ2) is 9.36. The van der Waals surface area contributed by atoms with E-state index < -0.39 is 5.91 Å². The van der Waals surface area contributed by atoms with Crippen molar-refractivity contribution in [3.05, 3.63) is 82.6 Å². The molecule has 2 aromatic carbocycles. The van der Waals surface area contributed by atoms with Gasteiger partial charge < -0.3 is 29.7 Å². The molecule has 0 unspecified atom stereocenters. The third-order valence-electron chi connectivity index (χ3n) is 5.38. The van der Waals surface area contributed by atoms with Crippen molar-refractivity contribution < 1.29 is 23.8 Å². The van der Waals surface area contributed by atoms with Crippen molar-refractivity contribution in [3.8, 4) is 17.2 Å². The van der Waals surface area contributed by atoms with Crippen LogP contribution in [0.4, 0.5) is 11.4 Å². The molecule has 0 bridgehead atoms. The van der Waals surface area contributed by atoms with E-state index in [2.05, 4.69) is 5.32 Å². The summed E-state index contributed by atoms with van der Waals surface area (Å²) in [5.41, 5.74) is 7.96. The van der Waals surface area contributed by atoms with Gasteiger partial charge in [-0.25, -0.2) is 0 Å². The highest BCUT2D eigenvalue weighted by Crippen LogP contribution is 2.34. The lowest BCUT2D eigenvalue weighted by atomic mass is 10.1. The minimum Gasteiger partial charge on any atom is -0.495 e. The zero-order valence-electron chi connectivity index (χ0n) is 18.7. The Morgan fingerprint density at radius 1 is 0.912 bits per heavy atom. The summed E-state index contributed by atoms with van der Waals surface area (Å²) in [5, 5.41) is 3.21. The van der Waals surface area contributed by atoms with E-state index in [1.807, 2.05) is 0 Å². The number of benzene rings is 2. The average molecular weight is 480 g/mol. The quantitative estimate of drug-likeness (QED) is 0.373. The minimum atomic E-state index is -0.506. The molecule has 0 aliphatic heterocycles. The number of methoxy groups -OCH3 is 3. The molecule has 9 heteroatoms. The van der Waals surface area contributed by atoms with Crippen LogP contribution in [0.1, 0.15) is 26.4 Å². The zero-order chi connectivity index (χ0) is 24.4. The monoisotopic (exact) mass is 479 g/mol. The Kier molecular flexibility index (Phi) is 6.34. The summed E-state index contributed by atoms with van der Waals surface area (Å²) in [7, 11) is 4.48. The highest BCUT2D eigenvalue weighted by Gasteiger charge is 2.27. The second-order valence-corrected chi connectivity index (χ2v) is 7.73. The first kappa shape index (κ1) is 23.0. The fourth-order valence-electron chi connectivity index (χ4n) is 3.78. The van der Waals surface area contributed by atoms with E-state index in [9.17, 15) is 9.59 Å². The first-order chi connectivity index (χ1) is 16.4. The van der Waals surface area contributed by atoms with Crippen LogP contribution >= 0.6 is 11.6 Å². The molecule has 3 N–H and O–H groups in total. The number of ketones is 1. The van der Waals surface area contributed by atoms with Crippen LogP contribution in [-0.2, 0) is 0 Å². The van der Waals surface area contributed by atoms with Gasteiger partial charge in [0.25, 0.3) is 5.91 Å². The number of nitrogens with one attached hydrogen (secondary N) is 1. The predicted molar refractivity (Wildman–Crippen MR) is 131 cm³/mol. The van der Waals surface area contributed by atoms with Crippen LogP contribution in [0.3, 0.4) is 0 Å². The third kappa shape index (κ3) is 3.99. The fraction of sp³-hybridized carbons (Fsp3) is 0.120. The maximum Gasteiger partial charge on any atom is 0.260 e. The Hall–Kier alpha value is -4.17. The first-order valence-electron chi connectivity index (χ1n) is 10.2. The summed E-state index contributed by atoms with van der Waals surface area (Å²) in [5.74, 6) is 0.440. The number of ether oxygens (including phenoxy) is 3. The van der Waals surface area contributed by atoms with Crippen LogP contribution < -0.4 is 25.3 Å². The largest absolute Gasteiger partial charge is 0.495 e. The molecule has 0 saturated carbocycles. The highest BCUT2D eigenvalue weighted by atomic mass is 35.5. The Morgan fingerprint density at radius 3 is 2.32 bits per heavy atom. The van der Waals surface area contributed by atoms with Crippen molar-refractivity contribution in [2.75, 3.05) is 32.4 Å². The molecule has 0 atom stereocenters. The van der Waals surface area contributed by atoms with Gasteiger partial charge >= 0.3 is 0 Å². The van der Waals surface area contributed by atoms with Gasteiger partial charge in [-0.3, -0.25) is 9.59 Å². The molecule has 0 aliphatic carbocycles. The van der Waals surface area contributed by atoms with Crippen LogP contribution in [-0.4, -0.2) is 37.4 Å². The van der Waals surface area contributed by atoms with Gasteiger partial charge in [-0.1, -0.05) is 17.7 Å². The molecule has 0 aliphatic rings. The number of carbonyl (C=O) groups excluding carboxylic acids is 2. The molecule has 174 valence electrons. The number of anilines is 2. The van der Waals surface area contributed by atoms with Crippen LogP contribution in [0, 0.1) is 0 Å². The molecule has 4 rings (SSSR count). The van der Waals surface area contributed by atoms with Gasteiger partial charge in [-0.15, -0.1) is 0 Å². The number of pyridine rings is 1. The summed E-state index contributed by atoms with van der Waals surface area (Å²) < 4.78 is 17.5. The van der Waals surface area contributed by atoms with Crippen LogP contribution in [0.25, 0.3) is 5.52 Å². The molecule has 0 fully saturated rings. The fourth-order valence-corrected chi connectivity index (χ4v) is 3.95. The molecule has 2 aromatic heterocycles. The number of fused-ring (bicyclic) bond motifs is 1. The minimum absolute atomic E-state index is 0.0458. The molecule has 2 heterocycles. The number of halogens is 1. The normalized spacial score (nSPS) is 10.7. The highest BCUT2D eigenvalue weighted by molar-refractivity contribution is 6.31. The summed E-state index contributed by atoms with van der Waals surface area (Å²) in [6, 6.07) is 14.9. The molecular formula is C25H22ClN3O5. The summed E-state index contributed by atoms with van der Waals surface area (Å²) in [6.45, 7) is 0. The van der Waals surface area contributed by atoms with Crippen molar-refractivity contribution in [1.29, 1.82) is 0 Å². The number of carbonyl (C=O) groups is 2. The van der Waals surface area contributed by atoms with Crippen LogP contribution in [0.2, 0.25) is 5.02 Å². The third-order valence-corrected chi connectivity index (χ3v) is 5.61. The van der Waals surface area contributed by atoms with E-state index in [0.717, 1.165) is 0 Å². The predicted octanol–water partition coefficient (Wildman–Crippen LogP) is 4.68. The molecular weight excluding hydrogens is 458 g/mol. The van der Waals surface area contributed by atoms with Crippen molar-refractivity contribution in [2.24, 2.45) is 0 Å². The molecule has 0 saturated heterocycles. The lowest BCUT2D eigenvalue weighted by Gasteiger charge is -2.11. The van der Waals surface area contributed by atoms with Gasteiger partial charge in [0.15, 0.2) is 11.5 Å². The lowest BCUT2D eigenvalue weighted by Crippen LogP contribution is -2.14. The number of hydrogen-bond donors (Lipinski definition) is 2. The first-order valence-corrected chi connectivity index (χ1v) is 10.6. The molecule has 0 radical (unpaired) electrons. The standard InChI is InChI=1S/C25H22ClN3O5/c1-32-18-10-8-15(26)13-16(18)28-25(31)21-17-6-4-5-11-29(17)23(22(21)27)24(30)14-7-9-19(33-2)20(12-14)34-3/h4-13H,27H2,1-3H3,(H,28,31). The molecule has 34 heavy (non-hydrogen) atoms. The van der Waals surface area contributed by atoms with Crippen molar-refractivity contribution in [3.63, 3.8) is 0 Å². The van der Waals surface area contributed by atoms with Crippen molar-refractivity contribution in [2.45, 2.75) is 0 Å². The van der Waals surface area contributed by atoms with E-state index in [-0.39, 0.29) is 22.7 Å². The topological polar surface area (TPSA) is 104 Å². The average Bonchev–Trinajstić information content (AvgIpc) is 3.14. The van der Waals surface area contributed by atoms with E-state index in [4.69, 9.17) is 31.5 Å². The van der Waals surface area contributed by atoms with Gasteiger partial charge in [-0.2, -0.15) is 0 Å². The van der Waals surface area contributed by atoms with Gasteiger partial charge in [0, 0.05) is 16.8 Å². The number of amides is 1. The van der Waals surface area contributed by atoms with Crippen LogP contribution in [0.5, 0.6) is 17.2 Å². The molecule has 1 amide bonds.